The average molecular weight is 187 g/mol. The molecule has 0 aliphatic heterocycles. The summed E-state index contributed by atoms with van der Waals surface area (Å²) in [5, 5.41) is 0. The number of hydrogen-bond donors (Lipinski definition) is 1. The van der Waals surface area contributed by atoms with Gasteiger partial charge in [-0.1, -0.05) is 6.08 Å². The smallest absolute Gasteiger partial charge is 0.229 e. The predicted molar refractivity (Wildman–Crippen MR) is 44.8 cm³/mol. The molecule has 0 bridgehead atoms. The number of nitrogens with one attached hydrogen (secondary N) is 1. The Bertz CT molecular complexity index is 351. The zero-order valence-corrected chi connectivity index (χ0v) is 7.39. The summed E-state index contributed by atoms with van der Waals surface area (Å²) in [5.74, 6) is -0.0938. The highest BCUT2D eigenvalue weighted by atomic mass is 32.2. The number of allylic oxidation sites excluding steroid dienone is 4. The van der Waals surface area contributed by atoms with Crippen molar-refractivity contribution in [2.24, 2.45) is 0 Å². The third-order valence-electron chi connectivity index (χ3n) is 1.26. The van der Waals surface area contributed by atoms with Crippen molar-refractivity contribution in [2.45, 2.75) is 6.42 Å². The molecule has 0 saturated carbocycles. The Morgan fingerprint density at radius 3 is 2.67 bits per heavy atom. The fourth-order valence-corrected chi connectivity index (χ4v) is 1.50. The van der Waals surface area contributed by atoms with Crippen molar-refractivity contribution >= 4 is 15.8 Å². The summed E-state index contributed by atoms with van der Waals surface area (Å²) < 4.78 is 23.7. The van der Waals surface area contributed by atoms with Gasteiger partial charge in [-0.15, -0.1) is 0 Å². The van der Waals surface area contributed by atoms with Gasteiger partial charge < -0.3 is 0 Å². The van der Waals surface area contributed by atoms with Crippen LogP contribution >= 0.6 is 0 Å². The lowest BCUT2D eigenvalue weighted by atomic mass is 10.1. The van der Waals surface area contributed by atoms with E-state index < -0.39 is 10.0 Å². The number of carbonyl (C=O) groups excluding carboxylic acids is 1. The minimum Gasteiger partial charge on any atom is -0.294 e. The predicted octanol–water partition coefficient (Wildman–Crippen LogP) is -0.0515. The van der Waals surface area contributed by atoms with Crippen molar-refractivity contribution in [1.29, 1.82) is 0 Å². The molecule has 0 heterocycles. The van der Waals surface area contributed by atoms with Gasteiger partial charge in [0.15, 0.2) is 5.78 Å². The topological polar surface area (TPSA) is 63.2 Å². The quantitative estimate of drug-likeness (QED) is 0.659. The molecule has 0 aromatic heterocycles. The second kappa shape index (κ2) is 3.10. The minimum absolute atomic E-state index is 0.0938. The number of ketones is 1. The number of rotatable bonds is 2. The van der Waals surface area contributed by atoms with Crippen molar-refractivity contribution in [3.05, 3.63) is 23.9 Å². The molecule has 5 heteroatoms. The number of hydrogen-bond acceptors (Lipinski definition) is 3. The molecule has 1 aliphatic carbocycles. The van der Waals surface area contributed by atoms with Gasteiger partial charge in [0.2, 0.25) is 10.0 Å². The largest absolute Gasteiger partial charge is 0.294 e. The Hall–Kier alpha value is -1.10. The first kappa shape index (κ1) is 8.99. The monoisotopic (exact) mass is 187 g/mol. The fourth-order valence-electron chi connectivity index (χ4n) is 0.885. The third-order valence-corrected chi connectivity index (χ3v) is 1.89. The molecule has 1 N–H and O–H groups in total. The molecule has 12 heavy (non-hydrogen) atoms. The van der Waals surface area contributed by atoms with Crippen LogP contribution in [0, 0.1) is 0 Å². The molecule has 1 rings (SSSR count). The highest BCUT2D eigenvalue weighted by Gasteiger charge is 2.09. The molecule has 0 radical (unpaired) electrons. The molecule has 0 unspecified atom stereocenters. The van der Waals surface area contributed by atoms with E-state index in [9.17, 15) is 13.2 Å². The Balaban J connectivity index is 2.73. The minimum atomic E-state index is -3.25. The van der Waals surface area contributed by atoms with Gasteiger partial charge in [-0.3, -0.25) is 9.52 Å². The van der Waals surface area contributed by atoms with Gasteiger partial charge in [0.05, 0.1) is 12.7 Å². The molecule has 1 aliphatic rings. The van der Waals surface area contributed by atoms with Crippen LogP contribution in [0.15, 0.2) is 23.9 Å². The van der Waals surface area contributed by atoms with Gasteiger partial charge in [0, 0.05) is 5.70 Å². The van der Waals surface area contributed by atoms with Gasteiger partial charge in [-0.25, -0.2) is 8.42 Å². The highest BCUT2D eigenvalue weighted by Crippen LogP contribution is 2.06. The second-order valence-electron chi connectivity index (χ2n) is 2.57. The summed E-state index contributed by atoms with van der Waals surface area (Å²) >= 11 is 0. The van der Waals surface area contributed by atoms with E-state index in [4.69, 9.17) is 0 Å². The Morgan fingerprint density at radius 2 is 2.17 bits per heavy atom. The zero-order valence-electron chi connectivity index (χ0n) is 6.57. The van der Waals surface area contributed by atoms with Gasteiger partial charge in [-0.2, -0.15) is 0 Å². The molecule has 0 fully saturated rings. The lowest BCUT2D eigenvalue weighted by Gasteiger charge is -2.08. The lowest BCUT2D eigenvalue weighted by molar-refractivity contribution is -0.114. The van der Waals surface area contributed by atoms with Crippen LogP contribution in [-0.4, -0.2) is 20.5 Å². The molecule has 0 aromatic carbocycles. The molecule has 66 valence electrons. The normalized spacial score (nSPS) is 17.4. The molecule has 4 nitrogen and oxygen atoms in total. The van der Waals surface area contributed by atoms with Gasteiger partial charge in [0.25, 0.3) is 0 Å². The van der Waals surface area contributed by atoms with Crippen LogP contribution in [0.3, 0.4) is 0 Å². The maximum absolute atomic E-state index is 10.8. The Kier molecular flexibility index (Phi) is 2.32. The summed E-state index contributed by atoms with van der Waals surface area (Å²) in [5.41, 5.74) is 0.421. The highest BCUT2D eigenvalue weighted by molar-refractivity contribution is 7.88. The Morgan fingerprint density at radius 1 is 1.50 bits per heavy atom. The number of carbonyl (C=O) groups is 1. The van der Waals surface area contributed by atoms with E-state index in [1.807, 2.05) is 0 Å². The summed E-state index contributed by atoms with van der Waals surface area (Å²) in [4.78, 5) is 10.8. The van der Waals surface area contributed by atoms with E-state index in [1.165, 1.54) is 12.2 Å². The first-order valence-corrected chi connectivity index (χ1v) is 5.24. The van der Waals surface area contributed by atoms with Crippen molar-refractivity contribution in [1.82, 2.24) is 4.72 Å². The van der Waals surface area contributed by atoms with Gasteiger partial charge >= 0.3 is 0 Å². The van der Waals surface area contributed by atoms with Crippen LogP contribution < -0.4 is 4.72 Å². The molecule has 0 amide bonds. The average Bonchev–Trinajstić information content (AvgIpc) is 1.82. The lowest BCUT2D eigenvalue weighted by Crippen LogP contribution is -2.23. The summed E-state index contributed by atoms with van der Waals surface area (Å²) in [6, 6.07) is 0. The summed E-state index contributed by atoms with van der Waals surface area (Å²) in [6.45, 7) is 0. The van der Waals surface area contributed by atoms with E-state index in [2.05, 4.69) is 4.72 Å². The maximum Gasteiger partial charge on any atom is 0.229 e. The SMILES string of the molecule is CS(=O)(=O)NC1=CC=CC(=O)C1. The van der Waals surface area contributed by atoms with Crippen LogP contribution in [-0.2, 0) is 14.8 Å². The van der Waals surface area contributed by atoms with Crippen LogP contribution in [0.25, 0.3) is 0 Å². The van der Waals surface area contributed by atoms with E-state index in [0.717, 1.165) is 6.26 Å². The first-order valence-electron chi connectivity index (χ1n) is 3.35. The molecular weight excluding hydrogens is 178 g/mol. The maximum atomic E-state index is 10.8. The van der Waals surface area contributed by atoms with Crippen molar-refractivity contribution in [3.63, 3.8) is 0 Å². The van der Waals surface area contributed by atoms with Gasteiger partial charge in [-0.05, 0) is 12.2 Å². The molecule has 0 spiro atoms. The van der Waals surface area contributed by atoms with Crippen LogP contribution in [0.1, 0.15) is 6.42 Å². The van der Waals surface area contributed by atoms with Crippen LogP contribution in [0.2, 0.25) is 0 Å². The van der Waals surface area contributed by atoms with E-state index in [1.54, 1.807) is 6.08 Å². The Labute approximate surface area is 71.0 Å². The molecule has 0 atom stereocenters. The first-order chi connectivity index (χ1) is 5.47. The fraction of sp³-hybridized carbons (Fsp3) is 0.286. The van der Waals surface area contributed by atoms with E-state index in [0.29, 0.717) is 5.70 Å². The third kappa shape index (κ3) is 2.87. The van der Waals surface area contributed by atoms with Crippen LogP contribution in [0.5, 0.6) is 0 Å². The molecular formula is C7H9NO3S. The second-order valence-corrected chi connectivity index (χ2v) is 4.32. The molecule has 0 saturated heterocycles. The van der Waals surface area contributed by atoms with Crippen molar-refractivity contribution in [2.75, 3.05) is 6.26 Å². The van der Waals surface area contributed by atoms with E-state index in [-0.39, 0.29) is 12.2 Å². The van der Waals surface area contributed by atoms with Gasteiger partial charge in [0.1, 0.15) is 0 Å². The van der Waals surface area contributed by atoms with E-state index >= 15 is 0 Å². The zero-order chi connectivity index (χ0) is 9.19. The standard InChI is InChI=1S/C7H9NO3S/c1-12(10,11)8-6-3-2-4-7(9)5-6/h2-4,8H,5H2,1H3. The molecule has 0 aromatic rings. The summed E-state index contributed by atoms with van der Waals surface area (Å²) in [6.07, 6.45) is 5.69. The van der Waals surface area contributed by atoms with Crippen molar-refractivity contribution in [3.8, 4) is 0 Å². The summed E-state index contributed by atoms with van der Waals surface area (Å²) in [7, 11) is -3.25. The van der Waals surface area contributed by atoms with Crippen molar-refractivity contribution < 1.29 is 13.2 Å². The number of sulfonamides is 1. The van der Waals surface area contributed by atoms with Crippen LogP contribution in [0.4, 0.5) is 0 Å².